The van der Waals surface area contributed by atoms with E-state index in [0.29, 0.717) is 16.3 Å². The summed E-state index contributed by atoms with van der Waals surface area (Å²) in [5.74, 6) is 1.22. The summed E-state index contributed by atoms with van der Waals surface area (Å²) >= 11 is 2.96. The van der Waals surface area contributed by atoms with Gasteiger partial charge in [-0.2, -0.15) is 0 Å². The topological polar surface area (TPSA) is 63.6 Å². The molecular weight excluding hydrogens is 340 g/mol. The summed E-state index contributed by atoms with van der Waals surface area (Å²) in [4.78, 5) is 23.8. The average Bonchev–Trinajstić information content (AvgIpc) is 3.22. The number of fused-ring (bicyclic) bond motifs is 1. The van der Waals surface area contributed by atoms with Gasteiger partial charge in [-0.05, 0) is 36.1 Å². The minimum absolute atomic E-state index is 0.0763. The minimum atomic E-state index is -0.0763. The van der Waals surface area contributed by atoms with Gasteiger partial charge in [-0.3, -0.25) is 9.36 Å². The van der Waals surface area contributed by atoms with E-state index >= 15 is 0 Å². The maximum Gasteiger partial charge on any atom is 0.268 e. The number of benzene rings is 1. The number of thiophene rings is 1. The van der Waals surface area contributed by atoms with Gasteiger partial charge in [0.1, 0.15) is 10.5 Å². The predicted octanol–water partition coefficient (Wildman–Crippen LogP) is 3.77. The third kappa shape index (κ3) is 2.88. The number of nitrogens with one attached hydrogen (secondary N) is 1. The number of imidazole rings is 1. The van der Waals surface area contributed by atoms with Crippen molar-refractivity contribution in [3.8, 4) is 5.69 Å². The summed E-state index contributed by atoms with van der Waals surface area (Å²) in [6, 6.07) is 10.1. The van der Waals surface area contributed by atoms with E-state index in [1.165, 1.54) is 16.9 Å². The van der Waals surface area contributed by atoms with Crippen LogP contribution < -0.4 is 5.56 Å². The van der Waals surface area contributed by atoms with E-state index in [-0.39, 0.29) is 5.56 Å². The van der Waals surface area contributed by atoms with Gasteiger partial charge in [0.15, 0.2) is 5.16 Å². The van der Waals surface area contributed by atoms with Gasteiger partial charge in [0, 0.05) is 18.1 Å². The number of H-pyrrole nitrogens is 1. The molecule has 0 saturated carbocycles. The number of rotatable bonds is 4. The largest absolute Gasteiger partial charge is 0.309 e. The molecule has 0 atom stereocenters. The number of aryl methyl sites for hydroxylation is 1. The SMILES string of the molecule is Cc1cccc(-n2ccnc2SCc2nc3ccsc3c(=O)[nH]2)c1. The van der Waals surface area contributed by atoms with E-state index in [2.05, 4.69) is 40.1 Å². The van der Waals surface area contributed by atoms with Gasteiger partial charge >= 0.3 is 0 Å². The first kappa shape index (κ1) is 15.2. The Morgan fingerprint density at radius 1 is 1.33 bits per heavy atom. The Morgan fingerprint density at radius 3 is 3.12 bits per heavy atom. The van der Waals surface area contributed by atoms with Crippen molar-refractivity contribution < 1.29 is 0 Å². The molecule has 0 amide bonds. The molecule has 4 rings (SSSR count). The van der Waals surface area contributed by atoms with Crippen LogP contribution in [0.15, 0.2) is 58.1 Å². The summed E-state index contributed by atoms with van der Waals surface area (Å²) in [5.41, 5.74) is 2.95. The Balaban J connectivity index is 1.60. The molecule has 120 valence electrons. The van der Waals surface area contributed by atoms with Crippen molar-refractivity contribution in [3.05, 3.63) is 69.8 Å². The average molecular weight is 354 g/mol. The third-order valence-corrected chi connectivity index (χ3v) is 5.47. The molecule has 0 aliphatic heterocycles. The van der Waals surface area contributed by atoms with Crippen LogP contribution in [0.3, 0.4) is 0 Å². The highest BCUT2D eigenvalue weighted by molar-refractivity contribution is 7.98. The summed E-state index contributed by atoms with van der Waals surface area (Å²) in [6.07, 6.45) is 3.72. The molecule has 24 heavy (non-hydrogen) atoms. The molecule has 0 radical (unpaired) electrons. The van der Waals surface area contributed by atoms with Gasteiger partial charge in [0.2, 0.25) is 0 Å². The third-order valence-electron chi connectivity index (χ3n) is 3.59. The fourth-order valence-corrected chi connectivity index (χ4v) is 4.06. The molecule has 1 aromatic carbocycles. The van der Waals surface area contributed by atoms with Crippen molar-refractivity contribution in [3.63, 3.8) is 0 Å². The maximum atomic E-state index is 12.0. The highest BCUT2D eigenvalue weighted by Gasteiger charge is 2.09. The molecule has 0 aliphatic carbocycles. The Morgan fingerprint density at radius 2 is 2.25 bits per heavy atom. The number of nitrogens with zero attached hydrogens (tertiary/aromatic N) is 3. The molecule has 0 saturated heterocycles. The van der Waals surface area contributed by atoms with Crippen molar-refractivity contribution in [2.75, 3.05) is 0 Å². The lowest BCUT2D eigenvalue weighted by Crippen LogP contribution is -2.09. The van der Waals surface area contributed by atoms with Crippen LogP contribution in [0, 0.1) is 6.92 Å². The minimum Gasteiger partial charge on any atom is -0.309 e. The lowest BCUT2D eigenvalue weighted by molar-refractivity contribution is 0.891. The predicted molar refractivity (Wildman–Crippen MR) is 98.1 cm³/mol. The molecule has 0 fully saturated rings. The second-order valence-corrected chi connectivity index (χ2v) is 7.21. The van der Waals surface area contributed by atoms with E-state index in [1.807, 2.05) is 28.3 Å². The molecule has 0 spiro atoms. The van der Waals surface area contributed by atoms with Gasteiger partial charge in [-0.1, -0.05) is 23.9 Å². The van der Waals surface area contributed by atoms with E-state index in [1.54, 1.807) is 18.0 Å². The van der Waals surface area contributed by atoms with Crippen molar-refractivity contribution >= 4 is 33.3 Å². The normalized spacial score (nSPS) is 11.2. The van der Waals surface area contributed by atoms with Crippen molar-refractivity contribution in [2.45, 2.75) is 17.8 Å². The standard InChI is InChI=1S/C17H14N4OS2/c1-11-3-2-4-12(9-11)21-7-6-18-17(21)24-10-14-19-13-5-8-23-15(13)16(22)20-14/h2-9H,10H2,1H3,(H,19,20,22). The summed E-state index contributed by atoms with van der Waals surface area (Å²) in [7, 11) is 0. The monoisotopic (exact) mass is 354 g/mol. The Hall–Kier alpha value is -2.38. The number of aromatic amines is 1. The molecule has 3 heterocycles. The highest BCUT2D eigenvalue weighted by atomic mass is 32.2. The second-order valence-electron chi connectivity index (χ2n) is 5.36. The Kier molecular flexibility index (Phi) is 3.95. The summed E-state index contributed by atoms with van der Waals surface area (Å²) in [6.45, 7) is 2.07. The lowest BCUT2D eigenvalue weighted by atomic mass is 10.2. The zero-order valence-corrected chi connectivity index (χ0v) is 14.5. The van der Waals surface area contributed by atoms with E-state index < -0.39 is 0 Å². The number of aromatic nitrogens is 4. The molecule has 0 bridgehead atoms. The summed E-state index contributed by atoms with van der Waals surface area (Å²) < 4.78 is 2.71. The Labute approximate surface area is 146 Å². The summed E-state index contributed by atoms with van der Waals surface area (Å²) in [5, 5.41) is 2.75. The first-order valence-corrected chi connectivity index (χ1v) is 9.27. The lowest BCUT2D eigenvalue weighted by Gasteiger charge is -2.08. The van der Waals surface area contributed by atoms with E-state index in [0.717, 1.165) is 16.4 Å². The number of hydrogen-bond donors (Lipinski definition) is 1. The fourth-order valence-electron chi connectivity index (χ4n) is 2.49. The van der Waals surface area contributed by atoms with Crippen LogP contribution in [-0.4, -0.2) is 19.5 Å². The fraction of sp³-hybridized carbons (Fsp3) is 0.118. The van der Waals surface area contributed by atoms with Crippen molar-refractivity contribution in [1.29, 1.82) is 0 Å². The number of hydrogen-bond acceptors (Lipinski definition) is 5. The van der Waals surface area contributed by atoms with Crippen LogP contribution in [0.1, 0.15) is 11.4 Å². The van der Waals surface area contributed by atoms with Gasteiger partial charge in [0.25, 0.3) is 5.56 Å². The quantitative estimate of drug-likeness (QED) is 0.567. The molecule has 4 aromatic rings. The van der Waals surface area contributed by atoms with Crippen LogP contribution in [0.25, 0.3) is 15.9 Å². The zero-order chi connectivity index (χ0) is 16.5. The first-order chi connectivity index (χ1) is 11.7. The van der Waals surface area contributed by atoms with Crippen LogP contribution in [0.5, 0.6) is 0 Å². The molecule has 3 aromatic heterocycles. The van der Waals surface area contributed by atoms with Gasteiger partial charge in [0.05, 0.1) is 11.3 Å². The van der Waals surface area contributed by atoms with Crippen LogP contribution in [0.2, 0.25) is 0 Å². The molecule has 1 N–H and O–H groups in total. The molecule has 0 unspecified atom stereocenters. The smallest absolute Gasteiger partial charge is 0.268 e. The molecule has 0 aliphatic rings. The Bertz CT molecular complexity index is 1060. The van der Waals surface area contributed by atoms with Crippen molar-refractivity contribution in [2.24, 2.45) is 0 Å². The van der Waals surface area contributed by atoms with E-state index in [4.69, 9.17) is 0 Å². The van der Waals surface area contributed by atoms with Gasteiger partial charge in [-0.25, -0.2) is 9.97 Å². The molecular formula is C17H14N4OS2. The highest BCUT2D eigenvalue weighted by Crippen LogP contribution is 2.24. The van der Waals surface area contributed by atoms with Crippen molar-refractivity contribution in [1.82, 2.24) is 19.5 Å². The molecule has 7 heteroatoms. The first-order valence-electron chi connectivity index (χ1n) is 7.40. The van der Waals surface area contributed by atoms with Crippen LogP contribution in [0.4, 0.5) is 0 Å². The maximum absolute atomic E-state index is 12.0. The van der Waals surface area contributed by atoms with Crippen LogP contribution in [-0.2, 0) is 5.75 Å². The van der Waals surface area contributed by atoms with Gasteiger partial charge in [-0.15, -0.1) is 11.3 Å². The molecule has 5 nitrogen and oxygen atoms in total. The zero-order valence-electron chi connectivity index (χ0n) is 12.9. The van der Waals surface area contributed by atoms with Crippen LogP contribution >= 0.6 is 23.1 Å². The van der Waals surface area contributed by atoms with Gasteiger partial charge < -0.3 is 4.98 Å². The number of thioether (sulfide) groups is 1. The van der Waals surface area contributed by atoms with E-state index in [9.17, 15) is 4.79 Å². The second kappa shape index (κ2) is 6.26.